The Hall–Kier alpha value is -1.92. The Labute approximate surface area is 111 Å². The summed E-state index contributed by atoms with van der Waals surface area (Å²) in [6.07, 6.45) is 0.587. The Morgan fingerprint density at radius 2 is 2.00 bits per heavy atom. The fourth-order valence-corrected chi connectivity index (χ4v) is 1.74. The molecule has 6 nitrogen and oxygen atoms in total. The topological polar surface area (TPSA) is 88.4 Å². The number of nitrogens with two attached hydrogens (primary N) is 1. The molecule has 1 unspecified atom stereocenters. The van der Waals surface area contributed by atoms with Gasteiger partial charge in [-0.1, -0.05) is 17.3 Å². The minimum Gasteiger partial charge on any atom is -0.508 e. The second-order valence-electron chi connectivity index (χ2n) is 4.76. The van der Waals surface area contributed by atoms with Gasteiger partial charge in [-0.25, -0.2) is 0 Å². The van der Waals surface area contributed by atoms with Crippen molar-refractivity contribution >= 4 is 0 Å². The van der Waals surface area contributed by atoms with Crippen LogP contribution in [0.5, 0.6) is 5.75 Å². The van der Waals surface area contributed by atoms with Crippen LogP contribution < -0.4 is 5.73 Å². The lowest BCUT2D eigenvalue weighted by Crippen LogP contribution is -2.15. The van der Waals surface area contributed by atoms with E-state index in [1.165, 1.54) is 0 Å². The molecule has 0 fully saturated rings. The Morgan fingerprint density at radius 1 is 1.32 bits per heavy atom. The van der Waals surface area contributed by atoms with E-state index in [1.54, 1.807) is 12.1 Å². The maximum Gasteiger partial charge on any atom is 0.243 e. The normalized spacial score (nSPS) is 12.8. The van der Waals surface area contributed by atoms with Crippen LogP contribution >= 0.6 is 0 Å². The van der Waals surface area contributed by atoms with Crippen molar-refractivity contribution in [1.29, 1.82) is 0 Å². The van der Waals surface area contributed by atoms with Gasteiger partial charge in [0.2, 0.25) is 5.89 Å². The maximum absolute atomic E-state index is 9.22. The number of nitrogens with zero attached hydrogens (tertiary/aromatic N) is 3. The molecule has 0 saturated heterocycles. The molecular weight excluding hydrogens is 244 g/mol. The summed E-state index contributed by atoms with van der Waals surface area (Å²) in [6.45, 7) is 0.620. The van der Waals surface area contributed by atoms with Crippen molar-refractivity contribution in [2.45, 2.75) is 19.0 Å². The molecule has 19 heavy (non-hydrogen) atoms. The van der Waals surface area contributed by atoms with Crippen LogP contribution in [0.15, 0.2) is 28.8 Å². The average Bonchev–Trinajstić information content (AvgIpc) is 2.80. The van der Waals surface area contributed by atoms with Gasteiger partial charge in [-0.3, -0.25) is 0 Å². The molecule has 0 aliphatic carbocycles. The number of aromatic hydroxyl groups is 1. The zero-order valence-electron chi connectivity index (χ0n) is 11.1. The first-order valence-electron chi connectivity index (χ1n) is 6.05. The predicted molar refractivity (Wildman–Crippen MR) is 70.4 cm³/mol. The SMILES string of the molecule is CN(C)Cc1noc(C(N)Cc2ccc(O)cc2)n1. The van der Waals surface area contributed by atoms with Crippen LogP contribution in [0.3, 0.4) is 0 Å². The van der Waals surface area contributed by atoms with Gasteiger partial charge in [0.25, 0.3) is 0 Å². The van der Waals surface area contributed by atoms with Crippen LogP contribution in [-0.2, 0) is 13.0 Å². The number of hydrogen-bond acceptors (Lipinski definition) is 6. The van der Waals surface area contributed by atoms with Crippen LogP contribution in [0.25, 0.3) is 0 Å². The minimum atomic E-state index is -0.340. The quantitative estimate of drug-likeness (QED) is 0.838. The zero-order valence-corrected chi connectivity index (χ0v) is 11.1. The summed E-state index contributed by atoms with van der Waals surface area (Å²) >= 11 is 0. The predicted octanol–water partition coefficient (Wildman–Crippen LogP) is 1.08. The van der Waals surface area contributed by atoms with E-state index in [0.29, 0.717) is 24.7 Å². The highest BCUT2D eigenvalue weighted by molar-refractivity contribution is 5.26. The number of aromatic nitrogens is 2. The van der Waals surface area contributed by atoms with Crippen molar-refractivity contribution in [3.8, 4) is 5.75 Å². The Morgan fingerprint density at radius 3 is 2.63 bits per heavy atom. The molecule has 3 N–H and O–H groups in total. The van der Waals surface area contributed by atoms with E-state index < -0.39 is 0 Å². The van der Waals surface area contributed by atoms with Gasteiger partial charge in [0, 0.05) is 0 Å². The molecule has 0 bridgehead atoms. The maximum atomic E-state index is 9.22. The molecule has 0 aliphatic rings. The third-order valence-electron chi connectivity index (χ3n) is 2.65. The van der Waals surface area contributed by atoms with E-state index in [9.17, 15) is 5.11 Å². The van der Waals surface area contributed by atoms with E-state index in [1.807, 2.05) is 31.1 Å². The van der Waals surface area contributed by atoms with E-state index in [2.05, 4.69) is 10.1 Å². The Balaban J connectivity index is 2.01. The minimum absolute atomic E-state index is 0.239. The highest BCUT2D eigenvalue weighted by Gasteiger charge is 2.15. The van der Waals surface area contributed by atoms with Crippen LogP contribution in [0.2, 0.25) is 0 Å². The molecule has 102 valence electrons. The van der Waals surface area contributed by atoms with Crippen LogP contribution in [0.1, 0.15) is 23.3 Å². The smallest absolute Gasteiger partial charge is 0.243 e. The first-order valence-corrected chi connectivity index (χ1v) is 6.05. The Kier molecular flexibility index (Phi) is 4.13. The van der Waals surface area contributed by atoms with Gasteiger partial charge in [-0.2, -0.15) is 4.98 Å². The van der Waals surface area contributed by atoms with Gasteiger partial charge in [-0.15, -0.1) is 0 Å². The number of hydrogen-bond donors (Lipinski definition) is 2. The van der Waals surface area contributed by atoms with Crippen LogP contribution in [0, 0.1) is 0 Å². The summed E-state index contributed by atoms with van der Waals surface area (Å²) in [5.74, 6) is 1.30. The van der Waals surface area contributed by atoms with Crippen LogP contribution in [-0.4, -0.2) is 34.2 Å². The molecule has 0 amide bonds. The summed E-state index contributed by atoms with van der Waals surface area (Å²) in [4.78, 5) is 6.23. The van der Waals surface area contributed by atoms with E-state index in [0.717, 1.165) is 5.56 Å². The van der Waals surface area contributed by atoms with Gasteiger partial charge in [0.1, 0.15) is 5.75 Å². The van der Waals surface area contributed by atoms with Crippen molar-refractivity contribution in [3.05, 3.63) is 41.5 Å². The number of phenols is 1. The van der Waals surface area contributed by atoms with Crippen LogP contribution in [0.4, 0.5) is 0 Å². The van der Waals surface area contributed by atoms with Crippen molar-refractivity contribution in [1.82, 2.24) is 15.0 Å². The van der Waals surface area contributed by atoms with Gasteiger partial charge in [0.15, 0.2) is 5.82 Å². The molecule has 2 rings (SSSR count). The Bertz CT molecular complexity index is 522. The molecule has 0 aliphatic heterocycles. The number of rotatable bonds is 5. The van der Waals surface area contributed by atoms with Gasteiger partial charge in [0.05, 0.1) is 12.6 Å². The molecule has 1 aromatic heterocycles. The highest BCUT2D eigenvalue weighted by Crippen LogP contribution is 2.17. The van der Waals surface area contributed by atoms with E-state index in [4.69, 9.17) is 10.3 Å². The first-order chi connectivity index (χ1) is 9.04. The van der Waals surface area contributed by atoms with Crippen molar-refractivity contribution < 1.29 is 9.63 Å². The van der Waals surface area contributed by atoms with E-state index in [-0.39, 0.29) is 11.8 Å². The fourth-order valence-electron chi connectivity index (χ4n) is 1.74. The lowest BCUT2D eigenvalue weighted by Gasteiger charge is -2.07. The standard InChI is InChI=1S/C13H18N4O2/c1-17(2)8-12-15-13(19-16-12)11(14)7-9-3-5-10(18)6-4-9/h3-6,11,18H,7-8,14H2,1-2H3. The zero-order chi connectivity index (χ0) is 13.8. The molecule has 2 aromatic rings. The lowest BCUT2D eigenvalue weighted by atomic mass is 10.1. The molecule has 0 saturated carbocycles. The molecule has 1 heterocycles. The van der Waals surface area contributed by atoms with Gasteiger partial charge < -0.3 is 20.3 Å². The summed E-state index contributed by atoms with van der Waals surface area (Å²) in [5, 5.41) is 13.1. The van der Waals surface area contributed by atoms with Gasteiger partial charge in [-0.05, 0) is 38.2 Å². The lowest BCUT2D eigenvalue weighted by molar-refractivity contribution is 0.336. The molecule has 0 radical (unpaired) electrons. The van der Waals surface area contributed by atoms with Gasteiger partial charge >= 0.3 is 0 Å². The largest absolute Gasteiger partial charge is 0.508 e. The van der Waals surface area contributed by atoms with Crippen molar-refractivity contribution in [2.75, 3.05) is 14.1 Å². The highest BCUT2D eigenvalue weighted by atomic mass is 16.5. The second kappa shape index (κ2) is 5.81. The molecule has 1 aromatic carbocycles. The van der Waals surface area contributed by atoms with Crippen molar-refractivity contribution in [3.63, 3.8) is 0 Å². The monoisotopic (exact) mass is 262 g/mol. The molecule has 0 spiro atoms. The first kappa shape index (κ1) is 13.5. The van der Waals surface area contributed by atoms with E-state index >= 15 is 0 Å². The second-order valence-corrected chi connectivity index (χ2v) is 4.76. The average molecular weight is 262 g/mol. The summed E-state index contributed by atoms with van der Waals surface area (Å²) in [5.41, 5.74) is 7.05. The summed E-state index contributed by atoms with van der Waals surface area (Å²) in [6, 6.07) is 6.58. The summed E-state index contributed by atoms with van der Waals surface area (Å²) < 4.78 is 5.16. The third-order valence-corrected chi connectivity index (χ3v) is 2.65. The van der Waals surface area contributed by atoms with Crippen molar-refractivity contribution in [2.24, 2.45) is 5.73 Å². The number of benzene rings is 1. The fraction of sp³-hybridized carbons (Fsp3) is 0.385. The molecule has 1 atom stereocenters. The number of phenolic OH excluding ortho intramolecular Hbond substituents is 1. The third kappa shape index (κ3) is 3.77. The molecular formula is C13H18N4O2. The summed E-state index contributed by atoms with van der Waals surface area (Å²) in [7, 11) is 3.87. The molecule has 6 heteroatoms.